The minimum Gasteiger partial charge on any atom is -0.461 e. The molecule has 0 aromatic carbocycles. The Labute approximate surface area is 173 Å². The molecule has 0 spiro atoms. The summed E-state index contributed by atoms with van der Waals surface area (Å²) < 4.78 is 5.09. The van der Waals surface area contributed by atoms with E-state index >= 15 is 0 Å². The van der Waals surface area contributed by atoms with Crippen molar-refractivity contribution in [1.82, 2.24) is 4.98 Å². The predicted molar refractivity (Wildman–Crippen MR) is 110 cm³/mol. The molecule has 4 rings (SSSR count). The van der Waals surface area contributed by atoms with E-state index in [1.54, 1.807) is 16.2 Å². The molecule has 0 fully saturated rings. The molecular weight excluding hydrogens is 391 g/mol. The smallest absolute Gasteiger partial charge is 0.461 e. The number of fused-ring (bicyclic) bond motifs is 3. The topological polar surface area (TPSA) is 100.0 Å². The minimum absolute atomic E-state index is 0.135. The van der Waals surface area contributed by atoms with E-state index in [1.165, 1.54) is 29.6 Å². The lowest BCUT2D eigenvalue weighted by atomic mass is 9.77. The van der Waals surface area contributed by atoms with E-state index in [0.29, 0.717) is 17.9 Å². The van der Waals surface area contributed by atoms with Crippen molar-refractivity contribution in [2.24, 2.45) is 5.41 Å². The lowest BCUT2D eigenvalue weighted by Gasteiger charge is -2.29. The van der Waals surface area contributed by atoms with E-state index in [0.717, 1.165) is 29.7 Å². The molecule has 0 atom stereocenters. The van der Waals surface area contributed by atoms with Gasteiger partial charge in [0.15, 0.2) is 0 Å². The average molecular weight is 414 g/mol. The number of rotatable bonds is 4. The maximum atomic E-state index is 13.3. The van der Waals surface area contributed by atoms with Crippen molar-refractivity contribution in [1.29, 1.82) is 0 Å². The number of esters is 1. The molecule has 2 aromatic rings. The van der Waals surface area contributed by atoms with Gasteiger partial charge in [0.1, 0.15) is 12.4 Å². The molecule has 2 aromatic heterocycles. The van der Waals surface area contributed by atoms with Crippen molar-refractivity contribution >= 4 is 41.6 Å². The molecule has 0 saturated heterocycles. The summed E-state index contributed by atoms with van der Waals surface area (Å²) >= 11 is 1.56. The third-order valence-corrected chi connectivity index (χ3v) is 6.80. The number of hydrogen-bond acceptors (Lipinski definition) is 7. The second-order valence-electron chi connectivity index (χ2n) is 8.39. The van der Waals surface area contributed by atoms with E-state index < -0.39 is 13.1 Å². The maximum Gasteiger partial charge on any atom is 0.489 e. The third-order valence-electron chi connectivity index (χ3n) is 5.54. The number of carbonyl (C=O) groups is 2. The van der Waals surface area contributed by atoms with E-state index in [1.807, 2.05) is 0 Å². The van der Waals surface area contributed by atoms with E-state index in [4.69, 9.17) is 4.74 Å². The number of anilines is 1. The molecule has 0 bridgehead atoms. The quantitative estimate of drug-likeness (QED) is 0.577. The Balaban J connectivity index is 1.71. The van der Waals surface area contributed by atoms with Gasteiger partial charge < -0.3 is 14.8 Å². The van der Waals surface area contributed by atoms with Crippen LogP contribution in [0.4, 0.5) is 5.82 Å². The summed E-state index contributed by atoms with van der Waals surface area (Å²) in [5, 5.41) is 19.5. The Morgan fingerprint density at radius 2 is 2.10 bits per heavy atom. The molecule has 3 heterocycles. The molecule has 152 valence electrons. The summed E-state index contributed by atoms with van der Waals surface area (Å²) in [6.45, 7) is 6.04. The van der Waals surface area contributed by atoms with Gasteiger partial charge in [0, 0.05) is 30.1 Å². The number of carbonyl (C=O) groups excluding carboxylic acids is 2. The molecular formula is C20H23BN2O5S. The van der Waals surface area contributed by atoms with Gasteiger partial charge >= 0.3 is 13.1 Å². The number of pyridine rings is 1. The van der Waals surface area contributed by atoms with Crippen LogP contribution in [0.3, 0.4) is 0 Å². The first-order valence-electron chi connectivity index (χ1n) is 9.60. The Morgan fingerprint density at radius 1 is 1.34 bits per heavy atom. The van der Waals surface area contributed by atoms with Gasteiger partial charge in [0.05, 0.1) is 4.88 Å². The first kappa shape index (κ1) is 20.1. The van der Waals surface area contributed by atoms with Crippen molar-refractivity contribution in [3.05, 3.63) is 38.7 Å². The standard InChI is InChI=1S/C20H23BN2O5S/c1-11(24)28-10-14-15(21(26)27)4-6-22-18(14)23-7-5-12-13-8-20(2,3)9-16(13)29-17(12)19(23)25/h4,6,26-27H,5,7-10H2,1-3H3. The van der Waals surface area contributed by atoms with Gasteiger partial charge in [-0.15, -0.1) is 11.3 Å². The highest BCUT2D eigenvalue weighted by atomic mass is 32.1. The van der Waals surface area contributed by atoms with Crippen LogP contribution in [0.5, 0.6) is 0 Å². The summed E-state index contributed by atoms with van der Waals surface area (Å²) in [4.78, 5) is 32.5. The first-order chi connectivity index (χ1) is 13.7. The van der Waals surface area contributed by atoms with Crippen molar-refractivity contribution in [3.63, 3.8) is 0 Å². The van der Waals surface area contributed by atoms with Gasteiger partial charge in [-0.25, -0.2) is 4.98 Å². The molecule has 0 unspecified atom stereocenters. The lowest BCUT2D eigenvalue weighted by molar-refractivity contribution is -0.142. The number of amides is 1. The Hall–Kier alpha value is -2.23. The fraction of sp³-hybridized carbons (Fsp3) is 0.450. The number of aromatic nitrogens is 1. The molecule has 2 aliphatic rings. The van der Waals surface area contributed by atoms with Crippen LogP contribution >= 0.6 is 11.3 Å². The van der Waals surface area contributed by atoms with E-state index in [-0.39, 0.29) is 23.4 Å². The van der Waals surface area contributed by atoms with Crippen LogP contribution in [-0.4, -0.2) is 40.6 Å². The number of thiophene rings is 1. The van der Waals surface area contributed by atoms with Gasteiger partial charge in [-0.1, -0.05) is 13.8 Å². The number of nitrogens with zero attached hydrogens (tertiary/aromatic N) is 2. The fourth-order valence-electron chi connectivity index (χ4n) is 4.25. The van der Waals surface area contributed by atoms with Crippen molar-refractivity contribution < 1.29 is 24.4 Å². The molecule has 9 heteroatoms. The first-order valence-corrected chi connectivity index (χ1v) is 10.4. The SMILES string of the molecule is CC(=O)OCc1c(B(O)O)ccnc1N1CCc2c(sc3c2CC(C)(C)C3)C1=O. The zero-order valence-corrected chi connectivity index (χ0v) is 17.5. The van der Waals surface area contributed by atoms with Crippen LogP contribution in [-0.2, 0) is 35.4 Å². The van der Waals surface area contributed by atoms with Crippen LogP contribution in [0.15, 0.2) is 12.3 Å². The third kappa shape index (κ3) is 3.58. The summed E-state index contributed by atoms with van der Waals surface area (Å²) in [6.07, 6.45) is 4.13. The van der Waals surface area contributed by atoms with Crippen LogP contribution in [0.25, 0.3) is 0 Å². The summed E-state index contributed by atoms with van der Waals surface area (Å²) in [7, 11) is -1.76. The van der Waals surface area contributed by atoms with Gasteiger partial charge in [-0.05, 0) is 47.3 Å². The van der Waals surface area contributed by atoms with Crippen LogP contribution < -0.4 is 10.4 Å². The summed E-state index contributed by atoms with van der Waals surface area (Å²) in [6, 6.07) is 1.45. The molecule has 1 aliphatic heterocycles. The number of hydrogen-bond donors (Lipinski definition) is 2. The zero-order chi connectivity index (χ0) is 20.9. The van der Waals surface area contributed by atoms with Gasteiger partial charge in [-0.2, -0.15) is 0 Å². The Kier molecular flexibility index (Phi) is 5.00. The Bertz CT molecular complexity index is 1000. The van der Waals surface area contributed by atoms with Gasteiger partial charge in [0.25, 0.3) is 5.91 Å². The maximum absolute atomic E-state index is 13.3. The Morgan fingerprint density at radius 3 is 2.79 bits per heavy atom. The largest absolute Gasteiger partial charge is 0.489 e. The van der Waals surface area contributed by atoms with E-state index in [9.17, 15) is 19.6 Å². The molecule has 0 saturated carbocycles. The predicted octanol–water partition coefficient (Wildman–Crippen LogP) is 1.21. The van der Waals surface area contributed by atoms with E-state index in [2.05, 4.69) is 18.8 Å². The molecule has 1 amide bonds. The lowest BCUT2D eigenvalue weighted by Crippen LogP contribution is -2.41. The van der Waals surface area contributed by atoms with Crippen LogP contribution in [0.1, 0.15) is 52.0 Å². The minimum atomic E-state index is -1.76. The zero-order valence-electron chi connectivity index (χ0n) is 16.7. The summed E-state index contributed by atoms with van der Waals surface area (Å²) in [5.41, 5.74) is 3.22. The highest BCUT2D eigenvalue weighted by Crippen LogP contribution is 2.45. The van der Waals surface area contributed by atoms with Crippen LogP contribution in [0, 0.1) is 5.41 Å². The summed E-state index contributed by atoms with van der Waals surface area (Å²) in [5.74, 6) is -0.325. The van der Waals surface area contributed by atoms with Crippen molar-refractivity contribution in [2.75, 3.05) is 11.4 Å². The van der Waals surface area contributed by atoms with Gasteiger partial charge in [-0.3, -0.25) is 14.5 Å². The van der Waals surface area contributed by atoms with Crippen molar-refractivity contribution in [3.8, 4) is 0 Å². The monoisotopic (exact) mass is 414 g/mol. The van der Waals surface area contributed by atoms with Crippen molar-refractivity contribution in [2.45, 2.75) is 46.6 Å². The second kappa shape index (κ2) is 7.23. The van der Waals surface area contributed by atoms with Crippen LogP contribution in [0.2, 0.25) is 0 Å². The molecule has 1 aliphatic carbocycles. The molecule has 2 N–H and O–H groups in total. The normalized spacial score (nSPS) is 17.1. The number of ether oxygens (including phenoxy) is 1. The second-order valence-corrected chi connectivity index (χ2v) is 9.50. The molecule has 7 nitrogen and oxygen atoms in total. The molecule has 29 heavy (non-hydrogen) atoms. The highest BCUT2D eigenvalue weighted by Gasteiger charge is 2.39. The molecule has 0 radical (unpaired) electrons. The fourth-order valence-corrected chi connectivity index (χ4v) is 5.83. The average Bonchev–Trinajstić information content (AvgIpc) is 3.12. The highest BCUT2D eigenvalue weighted by molar-refractivity contribution is 7.14. The van der Waals surface area contributed by atoms with Gasteiger partial charge in [0.2, 0.25) is 0 Å².